The lowest BCUT2D eigenvalue weighted by molar-refractivity contribution is -0.137. The van der Waals surface area contributed by atoms with Gasteiger partial charge in [0.15, 0.2) is 0 Å². The van der Waals surface area contributed by atoms with Gasteiger partial charge in [-0.15, -0.1) is 0 Å². The molecule has 1 heterocycles. The van der Waals surface area contributed by atoms with E-state index in [1.807, 2.05) is 0 Å². The van der Waals surface area contributed by atoms with Gasteiger partial charge in [0.25, 0.3) is 0 Å². The first kappa shape index (κ1) is 13.1. The van der Waals surface area contributed by atoms with Crippen molar-refractivity contribution in [2.75, 3.05) is 17.2 Å². The minimum absolute atomic E-state index is 0.334. The number of benzene rings is 1. The van der Waals surface area contributed by atoms with Crippen LogP contribution in [-0.2, 0) is 6.18 Å². The molecule has 0 amide bonds. The molecule has 2 nitrogen and oxygen atoms in total. The van der Waals surface area contributed by atoms with Crippen LogP contribution in [0.15, 0.2) is 18.2 Å². The molecule has 0 aromatic heterocycles. The predicted octanol–water partition coefficient (Wildman–Crippen LogP) is 4.10. The summed E-state index contributed by atoms with van der Waals surface area (Å²) in [7, 11) is 0. The quantitative estimate of drug-likeness (QED) is 0.834. The zero-order valence-electron chi connectivity index (χ0n) is 10.3. The lowest BCUT2D eigenvalue weighted by Gasteiger charge is -2.17. The number of rotatable bonds is 2. The Morgan fingerprint density at radius 1 is 1.28 bits per heavy atom. The Morgan fingerprint density at radius 2 is 2.06 bits per heavy atom. The summed E-state index contributed by atoms with van der Waals surface area (Å²) >= 11 is 0. The molecular formula is C13H17F3N2. The van der Waals surface area contributed by atoms with Gasteiger partial charge < -0.3 is 10.6 Å². The molecule has 1 aromatic rings. The minimum atomic E-state index is -4.29. The highest BCUT2D eigenvalue weighted by Gasteiger charge is 2.31. The van der Waals surface area contributed by atoms with Crippen LogP contribution in [0, 0.1) is 0 Å². The normalized spacial score (nSPS) is 19.4. The summed E-state index contributed by atoms with van der Waals surface area (Å²) in [5.74, 6) is 0. The molecule has 0 bridgehead atoms. The fourth-order valence-corrected chi connectivity index (χ4v) is 2.23. The van der Waals surface area contributed by atoms with Crippen molar-refractivity contribution in [1.82, 2.24) is 0 Å². The van der Waals surface area contributed by atoms with Crippen molar-refractivity contribution in [2.24, 2.45) is 0 Å². The van der Waals surface area contributed by atoms with Crippen LogP contribution in [0.5, 0.6) is 0 Å². The van der Waals surface area contributed by atoms with Gasteiger partial charge in [-0.3, -0.25) is 0 Å². The molecule has 0 spiro atoms. The van der Waals surface area contributed by atoms with E-state index in [2.05, 4.69) is 17.6 Å². The summed E-state index contributed by atoms with van der Waals surface area (Å²) in [4.78, 5) is 0. The Hall–Kier alpha value is -1.39. The summed E-state index contributed by atoms with van der Waals surface area (Å²) in [6.45, 7) is 2.81. The number of anilines is 2. The van der Waals surface area contributed by atoms with Gasteiger partial charge >= 0.3 is 6.18 Å². The topological polar surface area (TPSA) is 24.1 Å². The van der Waals surface area contributed by atoms with Crippen LogP contribution in [0.1, 0.15) is 31.7 Å². The first-order valence-corrected chi connectivity index (χ1v) is 6.22. The molecule has 0 aliphatic carbocycles. The predicted molar refractivity (Wildman–Crippen MR) is 66.9 cm³/mol. The second-order valence-corrected chi connectivity index (χ2v) is 4.60. The Bertz CT molecular complexity index is 415. The SMILES string of the molecule is CCCC1CCNc2cc(C(F)(F)F)ccc2N1. The number of hydrogen-bond donors (Lipinski definition) is 2. The highest BCUT2D eigenvalue weighted by molar-refractivity contribution is 5.71. The molecule has 0 radical (unpaired) electrons. The molecule has 5 heteroatoms. The van der Waals surface area contributed by atoms with Crippen LogP contribution in [0.4, 0.5) is 24.5 Å². The molecule has 0 saturated heterocycles. The molecule has 0 fully saturated rings. The molecule has 2 N–H and O–H groups in total. The van der Waals surface area contributed by atoms with Gasteiger partial charge in [-0.1, -0.05) is 13.3 Å². The maximum absolute atomic E-state index is 12.6. The third kappa shape index (κ3) is 2.89. The van der Waals surface area contributed by atoms with Crippen molar-refractivity contribution in [1.29, 1.82) is 0 Å². The van der Waals surface area contributed by atoms with Crippen molar-refractivity contribution in [3.63, 3.8) is 0 Å². The second kappa shape index (κ2) is 5.08. The van der Waals surface area contributed by atoms with Crippen LogP contribution >= 0.6 is 0 Å². The fourth-order valence-electron chi connectivity index (χ4n) is 2.23. The van der Waals surface area contributed by atoms with Crippen LogP contribution in [-0.4, -0.2) is 12.6 Å². The Kier molecular flexibility index (Phi) is 3.68. The average molecular weight is 258 g/mol. The third-order valence-corrected chi connectivity index (χ3v) is 3.15. The zero-order chi connectivity index (χ0) is 13.2. The Labute approximate surface area is 105 Å². The van der Waals surface area contributed by atoms with Gasteiger partial charge in [0.05, 0.1) is 16.9 Å². The van der Waals surface area contributed by atoms with Crippen molar-refractivity contribution >= 4 is 11.4 Å². The summed E-state index contributed by atoms with van der Waals surface area (Å²) in [5, 5.41) is 6.37. The molecule has 100 valence electrons. The molecule has 1 unspecified atom stereocenters. The maximum Gasteiger partial charge on any atom is 0.416 e. The molecule has 1 aliphatic heterocycles. The van der Waals surface area contributed by atoms with Gasteiger partial charge in [0.2, 0.25) is 0 Å². The van der Waals surface area contributed by atoms with E-state index in [0.29, 0.717) is 18.3 Å². The van der Waals surface area contributed by atoms with Gasteiger partial charge in [0, 0.05) is 12.6 Å². The maximum atomic E-state index is 12.6. The van der Waals surface area contributed by atoms with Crippen molar-refractivity contribution in [3.8, 4) is 0 Å². The monoisotopic (exact) mass is 258 g/mol. The highest BCUT2D eigenvalue weighted by Crippen LogP contribution is 2.35. The molecule has 1 aromatic carbocycles. The van der Waals surface area contributed by atoms with Crippen LogP contribution in [0.3, 0.4) is 0 Å². The van der Waals surface area contributed by atoms with Crippen LogP contribution in [0.2, 0.25) is 0 Å². The van der Waals surface area contributed by atoms with E-state index in [4.69, 9.17) is 0 Å². The summed E-state index contributed by atoms with van der Waals surface area (Å²) in [5.41, 5.74) is 0.701. The second-order valence-electron chi connectivity index (χ2n) is 4.60. The molecule has 1 aliphatic rings. The molecule has 18 heavy (non-hydrogen) atoms. The van der Waals surface area contributed by atoms with E-state index < -0.39 is 11.7 Å². The van der Waals surface area contributed by atoms with Crippen molar-refractivity contribution < 1.29 is 13.2 Å². The van der Waals surface area contributed by atoms with Gasteiger partial charge in [-0.2, -0.15) is 13.2 Å². The number of fused-ring (bicyclic) bond motifs is 1. The largest absolute Gasteiger partial charge is 0.416 e. The lowest BCUT2D eigenvalue weighted by Crippen LogP contribution is -2.19. The Morgan fingerprint density at radius 3 is 2.72 bits per heavy atom. The van der Waals surface area contributed by atoms with E-state index >= 15 is 0 Å². The first-order chi connectivity index (χ1) is 8.50. The standard InChI is InChI=1S/C13H17F3N2/c1-2-3-10-6-7-17-12-8-9(13(14,15)16)4-5-11(12)18-10/h4-5,8,10,17-18H,2-3,6-7H2,1H3. The lowest BCUT2D eigenvalue weighted by atomic mass is 10.1. The Balaban J connectivity index is 2.24. The number of halogens is 3. The van der Waals surface area contributed by atoms with E-state index in [9.17, 15) is 13.2 Å². The minimum Gasteiger partial charge on any atom is -0.383 e. The number of alkyl halides is 3. The molecule has 0 saturated carbocycles. The number of hydrogen-bond acceptors (Lipinski definition) is 2. The van der Waals surface area contributed by atoms with Gasteiger partial charge in [0.1, 0.15) is 0 Å². The van der Waals surface area contributed by atoms with E-state index in [1.54, 1.807) is 0 Å². The number of nitrogens with one attached hydrogen (secondary N) is 2. The smallest absolute Gasteiger partial charge is 0.383 e. The highest BCUT2D eigenvalue weighted by atomic mass is 19.4. The van der Waals surface area contributed by atoms with Gasteiger partial charge in [-0.25, -0.2) is 0 Å². The molecular weight excluding hydrogens is 241 g/mol. The summed E-state index contributed by atoms with van der Waals surface area (Å²) in [6.07, 6.45) is -1.27. The van der Waals surface area contributed by atoms with E-state index in [-0.39, 0.29) is 0 Å². The van der Waals surface area contributed by atoms with Gasteiger partial charge in [-0.05, 0) is 31.0 Å². The van der Waals surface area contributed by atoms with Crippen LogP contribution < -0.4 is 10.6 Å². The first-order valence-electron chi connectivity index (χ1n) is 6.22. The summed E-state index contributed by atoms with van der Waals surface area (Å²) < 4.78 is 37.8. The fraction of sp³-hybridized carbons (Fsp3) is 0.538. The van der Waals surface area contributed by atoms with E-state index in [0.717, 1.165) is 31.0 Å². The molecule has 1 atom stereocenters. The van der Waals surface area contributed by atoms with Crippen molar-refractivity contribution in [3.05, 3.63) is 23.8 Å². The zero-order valence-corrected chi connectivity index (χ0v) is 10.3. The summed E-state index contributed by atoms with van der Waals surface area (Å²) in [6, 6.07) is 4.15. The molecule has 2 rings (SSSR count). The van der Waals surface area contributed by atoms with Crippen molar-refractivity contribution in [2.45, 2.75) is 38.4 Å². The third-order valence-electron chi connectivity index (χ3n) is 3.15. The van der Waals surface area contributed by atoms with Crippen LogP contribution in [0.25, 0.3) is 0 Å². The van der Waals surface area contributed by atoms with E-state index in [1.165, 1.54) is 12.1 Å². The average Bonchev–Trinajstić information content (AvgIpc) is 2.49.